The molecule has 1 amide bonds. The highest BCUT2D eigenvalue weighted by molar-refractivity contribution is 5.78. The second-order valence-corrected chi connectivity index (χ2v) is 5.24. The van der Waals surface area contributed by atoms with E-state index in [9.17, 15) is 4.79 Å². The summed E-state index contributed by atoms with van der Waals surface area (Å²) in [5.74, 6) is 1.02. The van der Waals surface area contributed by atoms with Crippen molar-refractivity contribution in [3.63, 3.8) is 0 Å². The van der Waals surface area contributed by atoms with Crippen molar-refractivity contribution in [2.24, 2.45) is 0 Å². The Bertz CT molecular complexity index is 427. The lowest BCUT2D eigenvalue weighted by molar-refractivity contribution is -0.131. The highest BCUT2D eigenvalue weighted by Crippen LogP contribution is 2.13. The van der Waals surface area contributed by atoms with Crippen molar-refractivity contribution in [1.82, 2.24) is 9.80 Å². The highest BCUT2D eigenvalue weighted by atomic mass is 16.5. The van der Waals surface area contributed by atoms with Gasteiger partial charge in [0.05, 0.1) is 6.54 Å². The van der Waals surface area contributed by atoms with Crippen LogP contribution in [0.15, 0.2) is 24.3 Å². The van der Waals surface area contributed by atoms with E-state index in [1.54, 1.807) is 0 Å². The molecule has 1 fully saturated rings. The average molecular weight is 277 g/mol. The lowest BCUT2D eigenvalue weighted by Gasteiger charge is -2.21. The van der Waals surface area contributed by atoms with Gasteiger partial charge in [0.15, 0.2) is 0 Å². The third-order valence-electron chi connectivity index (χ3n) is 3.49. The van der Waals surface area contributed by atoms with Crippen molar-refractivity contribution in [3.05, 3.63) is 24.3 Å². The fourth-order valence-electron chi connectivity index (χ4n) is 2.26. The number of rotatable bonds is 6. The fourth-order valence-corrected chi connectivity index (χ4v) is 2.26. The number of anilines is 1. The smallest absolute Gasteiger partial charge is 0.236 e. The van der Waals surface area contributed by atoms with Gasteiger partial charge in [-0.2, -0.15) is 0 Å². The molecule has 20 heavy (non-hydrogen) atoms. The summed E-state index contributed by atoms with van der Waals surface area (Å²) in [7, 11) is 1.94. The molecular formula is C15H23N3O2. The number of nitrogens with two attached hydrogens (primary N) is 1. The lowest BCUT2D eigenvalue weighted by Crippen LogP contribution is -2.38. The number of carbonyl (C=O) groups is 1. The highest BCUT2D eigenvalue weighted by Gasteiger charge is 2.18. The maximum Gasteiger partial charge on any atom is 0.236 e. The number of carbonyl (C=O) groups excluding carboxylic acids is 1. The molecule has 1 aliphatic rings. The van der Waals surface area contributed by atoms with Crippen molar-refractivity contribution in [2.75, 3.05) is 45.6 Å². The largest absolute Gasteiger partial charge is 0.492 e. The van der Waals surface area contributed by atoms with Crippen LogP contribution in [0.4, 0.5) is 5.69 Å². The third kappa shape index (κ3) is 4.42. The van der Waals surface area contributed by atoms with Crippen LogP contribution in [0.25, 0.3) is 0 Å². The summed E-state index contributed by atoms with van der Waals surface area (Å²) >= 11 is 0. The molecular weight excluding hydrogens is 254 g/mol. The van der Waals surface area contributed by atoms with Gasteiger partial charge in [-0.25, -0.2) is 0 Å². The van der Waals surface area contributed by atoms with Gasteiger partial charge in [0.25, 0.3) is 0 Å². The average Bonchev–Trinajstić information content (AvgIpc) is 2.95. The second kappa shape index (κ2) is 7.14. The topological polar surface area (TPSA) is 58.8 Å². The Morgan fingerprint density at radius 2 is 1.95 bits per heavy atom. The predicted octanol–water partition coefficient (Wildman–Crippen LogP) is 1.20. The Hall–Kier alpha value is -1.75. The molecule has 5 nitrogen and oxygen atoms in total. The number of ether oxygens (including phenoxy) is 1. The van der Waals surface area contributed by atoms with E-state index in [0.29, 0.717) is 13.2 Å². The van der Waals surface area contributed by atoms with Gasteiger partial charge < -0.3 is 15.4 Å². The molecule has 0 bridgehead atoms. The monoisotopic (exact) mass is 277 g/mol. The van der Waals surface area contributed by atoms with Crippen LogP contribution in [0.1, 0.15) is 12.8 Å². The minimum absolute atomic E-state index is 0.220. The van der Waals surface area contributed by atoms with Gasteiger partial charge in [-0.15, -0.1) is 0 Å². The van der Waals surface area contributed by atoms with Gasteiger partial charge in [-0.1, -0.05) is 0 Å². The summed E-state index contributed by atoms with van der Waals surface area (Å²) in [6.07, 6.45) is 2.27. The van der Waals surface area contributed by atoms with Crippen LogP contribution < -0.4 is 10.5 Å². The van der Waals surface area contributed by atoms with E-state index < -0.39 is 0 Å². The Kier molecular flexibility index (Phi) is 5.24. The summed E-state index contributed by atoms with van der Waals surface area (Å²) in [5.41, 5.74) is 6.34. The summed E-state index contributed by atoms with van der Waals surface area (Å²) in [5, 5.41) is 0. The molecule has 1 aromatic rings. The molecule has 1 aromatic carbocycles. The normalized spacial score (nSPS) is 14.8. The van der Waals surface area contributed by atoms with E-state index in [1.807, 2.05) is 41.1 Å². The van der Waals surface area contributed by atoms with Gasteiger partial charge in [0.1, 0.15) is 12.4 Å². The van der Waals surface area contributed by atoms with E-state index in [4.69, 9.17) is 10.5 Å². The van der Waals surface area contributed by atoms with Crippen LogP contribution in [-0.4, -0.2) is 55.5 Å². The number of hydrogen-bond donors (Lipinski definition) is 1. The van der Waals surface area contributed by atoms with Crippen LogP contribution >= 0.6 is 0 Å². The number of amides is 1. The fraction of sp³-hybridized carbons (Fsp3) is 0.533. The van der Waals surface area contributed by atoms with Crippen LogP contribution in [0.3, 0.4) is 0 Å². The lowest BCUT2D eigenvalue weighted by atomic mass is 10.3. The zero-order valence-electron chi connectivity index (χ0n) is 12.0. The first kappa shape index (κ1) is 14.7. The van der Waals surface area contributed by atoms with Crippen LogP contribution in [-0.2, 0) is 4.79 Å². The maximum atomic E-state index is 12.0. The van der Waals surface area contributed by atoms with Crippen molar-refractivity contribution in [2.45, 2.75) is 12.8 Å². The van der Waals surface area contributed by atoms with E-state index in [0.717, 1.165) is 43.9 Å². The maximum absolute atomic E-state index is 12.0. The minimum atomic E-state index is 0.220. The van der Waals surface area contributed by atoms with Gasteiger partial charge >= 0.3 is 0 Å². The first-order chi connectivity index (χ1) is 9.65. The molecule has 0 spiro atoms. The summed E-state index contributed by atoms with van der Waals surface area (Å²) in [6.45, 7) is 3.58. The van der Waals surface area contributed by atoms with Gasteiger partial charge in [0.2, 0.25) is 5.91 Å². The number of nitrogen functional groups attached to an aromatic ring is 1. The first-order valence-corrected chi connectivity index (χ1v) is 7.10. The van der Waals surface area contributed by atoms with Gasteiger partial charge in [0, 0.05) is 25.3 Å². The Morgan fingerprint density at radius 3 is 2.60 bits per heavy atom. The van der Waals surface area contributed by atoms with Crippen molar-refractivity contribution >= 4 is 11.6 Å². The van der Waals surface area contributed by atoms with Gasteiger partial charge in [-0.05, 0) is 44.2 Å². The molecule has 2 rings (SSSR count). The van der Waals surface area contributed by atoms with Crippen molar-refractivity contribution < 1.29 is 9.53 Å². The van der Waals surface area contributed by atoms with Crippen molar-refractivity contribution in [3.8, 4) is 5.75 Å². The zero-order chi connectivity index (χ0) is 14.4. The number of likely N-dealkylation sites (N-methyl/N-ethyl adjacent to an activating group) is 1. The minimum Gasteiger partial charge on any atom is -0.492 e. The first-order valence-electron chi connectivity index (χ1n) is 7.10. The third-order valence-corrected chi connectivity index (χ3v) is 3.49. The molecule has 1 aliphatic heterocycles. The van der Waals surface area contributed by atoms with Crippen LogP contribution in [0, 0.1) is 0 Å². The quantitative estimate of drug-likeness (QED) is 0.794. The van der Waals surface area contributed by atoms with E-state index >= 15 is 0 Å². The van der Waals surface area contributed by atoms with Gasteiger partial charge in [-0.3, -0.25) is 9.69 Å². The van der Waals surface area contributed by atoms with E-state index in [-0.39, 0.29) is 5.91 Å². The number of hydrogen-bond acceptors (Lipinski definition) is 4. The molecule has 5 heteroatoms. The van der Waals surface area contributed by atoms with Crippen molar-refractivity contribution in [1.29, 1.82) is 0 Å². The molecule has 1 heterocycles. The Morgan fingerprint density at radius 1 is 1.30 bits per heavy atom. The summed E-state index contributed by atoms with van der Waals surface area (Å²) in [6, 6.07) is 7.33. The second-order valence-electron chi connectivity index (χ2n) is 5.24. The standard InChI is InChI=1S/C15H23N3O2/c1-17(12-15(19)18-8-2-3-9-18)10-11-20-14-6-4-13(16)5-7-14/h4-7H,2-3,8-12,16H2,1H3. The van der Waals surface area contributed by atoms with Crippen LogP contribution in [0.2, 0.25) is 0 Å². The number of likely N-dealkylation sites (tertiary alicyclic amines) is 1. The molecule has 0 atom stereocenters. The number of nitrogens with zero attached hydrogens (tertiary/aromatic N) is 2. The Labute approximate surface area is 120 Å². The number of benzene rings is 1. The molecule has 0 saturated carbocycles. The molecule has 110 valence electrons. The summed E-state index contributed by atoms with van der Waals surface area (Å²) in [4.78, 5) is 15.9. The van der Waals surface area contributed by atoms with E-state index in [1.165, 1.54) is 0 Å². The zero-order valence-corrected chi connectivity index (χ0v) is 12.0. The Balaban J connectivity index is 1.65. The summed E-state index contributed by atoms with van der Waals surface area (Å²) < 4.78 is 5.62. The SMILES string of the molecule is CN(CCOc1ccc(N)cc1)CC(=O)N1CCCC1. The molecule has 0 aromatic heterocycles. The van der Waals surface area contributed by atoms with E-state index in [2.05, 4.69) is 0 Å². The predicted molar refractivity (Wildman–Crippen MR) is 79.7 cm³/mol. The molecule has 0 radical (unpaired) electrons. The molecule has 0 aliphatic carbocycles. The molecule has 1 saturated heterocycles. The molecule has 0 unspecified atom stereocenters. The van der Waals surface area contributed by atoms with Crippen LogP contribution in [0.5, 0.6) is 5.75 Å². The molecule has 2 N–H and O–H groups in total.